The normalized spacial score (nSPS) is 13.1. The van der Waals surface area contributed by atoms with E-state index >= 15 is 0 Å². The third kappa shape index (κ3) is 2.96. The molecule has 0 aliphatic rings. The summed E-state index contributed by atoms with van der Waals surface area (Å²) in [6.07, 6.45) is 2.30. The van der Waals surface area contributed by atoms with Gasteiger partial charge in [0.15, 0.2) is 0 Å². The predicted molar refractivity (Wildman–Crippen MR) is 80.4 cm³/mol. The van der Waals surface area contributed by atoms with Gasteiger partial charge in [0.1, 0.15) is 5.82 Å². The predicted octanol–water partition coefficient (Wildman–Crippen LogP) is 2.14. The van der Waals surface area contributed by atoms with E-state index in [0.717, 1.165) is 24.3 Å². The quantitative estimate of drug-likeness (QED) is 0.782. The monoisotopic (exact) mass is 260 g/mol. The molecule has 0 spiro atoms. The average Bonchev–Trinajstić information content (AvgIpc) is 2.70. The van der Waals surface area contributed by atoms with Crippen LogP contribution in [0.3, 0.4) is 0 Å². The van der Waals surface area contributed by atoms with Gasteiger partial charge in [-0.05, 0) is 58.1 Å². The van der Waals surface area contributed by atoms with Crippen molar-refractivity contribution < 1.29 is 0 Å². The van der Waals surface area contributed by atoms with E-state index in [1.807, 2.05) is 21.0 Å². The van der Waals surface area contributed by atoms with Crippen LogP contribution in [-0.4, -0.2) is 30.2 Å². The fourth-order valence-corrected chi connectivity index (χ4v) is 2.51. The molecule has 4 nitrogen and oxygen atoms in total. The van der Waals surface area contributed by atoms with Crippen molar-refractivity contribution in [2.75, 3.05) is 20.6 Å². The molecule has 2 rings (SSSR count). The van der Waals surface area contributed by atoms with Gasteiger partial charge in [-0.15, -0.1) is 0 Å². The van der Waals surface area contributed by atoms with Crippen LogP contribution in [0.4, 0.5) is 0 Å². The molecule has 4 heteroatoms. The van der Waals surface area contributed by atoms with E-state index in [0.29, 0.717) is 6.04 Å². The molecule has 1 atom stereocenters. The second-order valence-corrected chi connectivity index (χ2v) is 5.05. The zero-order valence-electron chi connectivity index (χ0n) is 12.3. The maximum atomic E-state index is 4.61. The van der Waals surface area contributed by atoms with Gasteiger partial charge in [-0.3, -0.25) is 0 Å². The molecule has 0 saturated carbocycles. The van der Waals surface area contributed by atoms with Crippen molar-refractivity contribution in [3.63, 3.8) is 0 Å². The van der Waals surface area contributed by atoms with Crippen molar-refractivity contribution in [1.29, 1.82) is 0 Å². The van der Waals surface area contributed by atoms with Crippen molar-refractivity contribution in [3.8, 4) is 0 Å². The summed E-state index contributed by atoms with van der Waals surface area (Å²) in [7, 11) is 6.09. The first kappa shape index (κ1) is 14.0. The summed E-state index contributed by atoms with van der Waals surface area (Å²) in [6.45, 7) is 3.10. The molecule has 0 aliphatic carbocycles. The van der Waals surface area contributed by atoms with Gasteiger partial charge in [-0.1, -0.05) is 6.07 Å². The Bertz CT molecular complexity index is 544. The lowest BCUT2D eigenvalue weighted by atomic mass is 10.0. The van der Waals surface area contributed by atoms with Gasteiger partial charge in [-0.2, -0.15) is 0 Å². The molecule has 2 N–H and O–H groups in total. The molecule has 1 aromatic heterocycles. The first-order chi connectivity index (χ1) is 9.17. The Kier molecular flexibility index (Phi) is 4.56. The number of imidazole rings is 1. The minimum atomic E-state index is 0.403. The zero-order chi connectivity index (χ0) is 13.8. The van der Waals surface area contributed by atoms with Gasteiger partial charge in [0.2, 0.25) is 0 Å². The smallest absolute Gasteiger partial charge is 0.106 e. The molecule has 0 saturated heterocycles. The highest BCUT2D eigenvalue weighted by molar-refractivity contribution is 5.76. The minimum absolute atomic E-state index is 0.403. The summed E-state index contributed by atoms with van der Waals surface area (Å²) < 4.78 is 2.13. The molecule has 0 bridgehead atoms. The number of rotatable bonds is 6. The van der Waals surface area contributed by atoms with Crippen molar-refractivity contribution in [2.45, 2.75) is 25.8 Å². The molecule has 0 amide bonds. The summed E-state index contributed by atoms with van der Waals surface area (Å²) in [6, 6.07) is 7.00. The van der Waals surface area contributed by atoms with Crippen LogP contribution in [0.2, 0.25) is 0 Å². The van der Waals surface area contributed by atoms with E-state index < -0.39 is 0 Å². The lowest BCUT2D eigenvalue weighted by Crippen LogP contribution is -2.18. The number of aromatic nitrogens is 2. The molecule has 19 heavy (non-hydrogen) atoms. The number of nitrogens with one attached hydrogen (secondary N) is 2. The van der Waals surface area contributed by atoms with E-state index in [2.05, 4.69) is 45.4 Å². The summed E-state index contributed by atoms with van der Waals surface area (Å²) in [4.78, 5) is 4.61. The third-order valence-electron chi connectivity index (χ3n) is 3.80. The highest BCUT2D eigenvalue weighted by Crippen LogP contribution is 2.23. The van der Waals surface area contributed by atoms with Crippen molar-refractivity contribution in [3.05, 3.63) is 29.6 Å². The lowest BCUT2D eigenvalue weighted by Gasteiger charge is -2.16. The SMILES string of the molecule is CNCCCC(NC)c1ccc2c(c1)nc(C)n2C. The average molecular weight is 260 g/mol. The molecule has 1 aromatic carbocycles. The number of benzene rings is 1. The summed E-state index contributed by atoms with van der Waals surface area (Å²) in [5.74, 6) is 1.06. The topological polar surface area (TPSA) is 41.9 Å². The van der Waals surface area contributed by atoms with Crippen molar-refractivity contribution in [1.82, 2.24) is 20.2 Å². The molecular weight excluding hydrogens is 236 g/mol. The van der Waals surface area contributed by atoms with Crippen LogP contribution in [0.25, 0.3) is 11.0 Å². The molecule has 1 unspecified atom stereocenters. The second kappa shape index (κ2) is 6.17. The van der Waals surface area contributed by atoms with E-state index in [-0.39, 0.29) is 0 Å². The van der Waals surface area contributed by atoms with Gasteiger partial charge in [0.05, 0.1) is 11.0 Å². The van der Waals surface area contributed by atoms with Gasteiger partial charge in [0, 0.05) is 13.1 Å². The summed E-state index contributed by atoms with van der Waals surface area (Å²) >= 11 is 0. The fourth-order valence-electron chi connectivity index (χ4n) is 2.51. The minimum Gasteiger partial charge on any atom is -0.331 e. The van der Waals surface area contributed by atoms with E-state index in [4.69, 9.17) is 0 Å². The summed E-state index contributed by atoms with van der Waals surface area (Å²) in [5, 5.41) is 6.60. The standard InChI is InChI=1S/C15H24N4/c1-11-18-14-10-12(7-8-15(14)19(11)4)13(17-3)6-5-9-16-2/h7-8,10,13,16-17H,5-6,9H2,1-4H3. The molecule has 0 aliphatic heterocycles. The number of nitrogens with zero attached hydrogens (tertiary/aromatic N) is 2. The van der Waals surface area contributed by atoms with Crippen molar-refractivity contribution in [2.24, 2.45) is 7.05 Å². The van der Waals surface area contributed by atoms with Crippen LogP contribution in [-0.2, 0) is 7.05 Å². The van der Waals surface area contributed by atoms with Crippen LogP contribution in [0.15, 0.2) is 18.2 Å². The molecule has 1 heterocycles. The number of hydrogen-bond acceptors (Lipinski definition) is 3. The fraction of sp³-hybridized carbons (Fsp3) is 0.533. The largest absolute Gasteiger partial charge is 0.331 e. The molecule has 104 valence electrons. The van der Waals surface area contributed by atoms with Gasteiger partial charge >= 0.3 is 0 Å². The lowest BCUT2D eigenvalue weighted by molar-refractivity contribution is 0.519. The Morgan fingerprint density at radius 2 is 2.11 bits per heavy atom. The Morgan fingerprint density at radius 1 is 1.32 bits per heavy atom. The number of hydrogen-bond donors (Lipinski definition) is 2. The third-order valence-corrected chi connectivity index (χ3v) is 3.80. The zero-order valence-corrected chi connectivity index (χ0v) is 12.3. The van der Waals surface area contributed by atoms with Gasteiger partial charge < -0.3 is 15.2 Å². The maximum Gasteiger partial charge on any atom is 0.106 e. The number of fused-ring (bicyclic) bond motifs is 1. The Hall–Kier alpha value is -1.39. The molecule has 2 aromatic rings. The highest BCUT2D eigenvalue weighted by Gasteiger charge is 2.11. The second-order valence-electron chi connectivity index (χ2n) is 5.05. The van der Waals surface area contributed by atoms with Gasteiger partial charge in [0.25, 0.3) is 0 Å². The van der Waals surface area contributed by atoms with Crippen molar-refractivity contribution >= 4 is 11.0 Å². The van der Waals surface area contributed by atoms with Crippen LogP contribution in [0.1, 0.15) is 30.3 Å². The Morgan fingerprint density at radius 3 is 2.79 bits per heavy atom. The Balaban J connectivity index is 2.23. The highest BCUT2D eigenvalue weighted by atomic mass is 15.0. The van der Waals surface area contributed by atoms with Gasteiger partial charge in [-0.25, -0.2) is 4.98 Å². The van der Waals surface area contributed by atoms with Crippen LogP contribution in [0.5, 0.6) is 0 Å². The first-order valence-corrected chi connectivity index (χ1v) is 6.92. The molecule has 0 fully saturated rings. The van der Waals surface area contributed by atoms with E-state index in [9.17, 15) is 0 Å². The maximum absolute atomic E-state index is 4.61. The molecular formula is C15H24N4. The first-order valence-electron chi connectivity index (χ1n) is 6.92. The van der Waals surface area contributed by atoms with Crippen LogP contribution in [0, 0.1) is 6.92 Å². The summed E-state index contributed by atoms with van der Waals surface area (Å²) in [5.41, 5.74) is 3.61. The molecule has 0 radical (unpaired) electrons. The Labute approximate surface area is 115 Å². The number of aryl methyl sites for hydroxylation is 2. The van der Waals surface area contributed by atoms with E-state index in [1.165, 1.54) is 17.5 Å². The van der Waals surface area contributed by atoms with Crippen LogP contribution < -0.4 is 10.6 Å². The van der Waals surface area contributed by atoms with Crippen LogP contribution >= 0.6 is 0 Å². The van der Waals surface area contributed by atoms with E-state index in [1.54, 1.807) is 0 Å².